The molecule has 1 saturated carbocycles. The number of fused-ring (bicyclic) bond motifs is 1. The van der Waals surface area contributed by atoms with Crippen LogP contribution in [-0.4, -0.2) is 27.3 Å². The highest BCUT2D eigenvalue weighted by Gasteiger charge is 2.31. The summed E-state index contributed by atoms with van der Waals surface area (Å²) in [6.07, 6.45) is 2.30. The summed E-state index contributed by atoms with van der Waals surface area (Å²) in [6.45, 7) is 2.09. The van der Waals surface area contributed by atoms with Crippen LogP contribution in [0.3, 0.4) is 0 Å². The molecule has 7 heteroatoms. The molecule has 0 bridgehead atoms. The summed E-state index contributed by atoms with van der Waals surface area (Å²) in [4.78, 5) is 12.5. The number of furan rings is 1. The van der Waals surface area contributed by atoms with Gasteiger partial charge < -0.3 is 9.15 Å². The highest BCUT2D eigenvalue weighted by Crippen LogP contribution is 2.41. The van der Waals surface area contributed by atoms with E-state index in [9.17, 15) is 4.79 Å². The minimum Gasteiger partial charge on any atom is -0.460 e. The minimum atomic E-state index is -0.438. The Labute approximate surface area is 178 Å². The highest BCUT2D eigenvalue weighted by molar-refractivity contribution is 7.98. The van der Waals surface area contributed by atoms with Gasteiger partial charge in [-0.2, -0.15) is 0 Å². The lowest BCUT2D eigenvalue weighted by atomic mass is 10.1. The molecule has 0 saturated heterocycles. The second-order valence-electron chi connectivity index (χ2n) is 7.20. The zero-order valence-electron chi connectivity index (χ0n) is 16.6. The Morgan fingerprint density at radius 2 is 1.90 bits per heavy atom. The predicted octanol–water partition coefficient (Wildman–Crippen LogP) is 5.36. The third-order valence-corrected chi connectivity index (χ3v) is 6.08. The molecule has 1 aliphatic rings. The van der Waals surface area contributed by atoms with Crippen molar-refractivity contribution < 1.29 is 13.9 Å². The Kier molecular flexibility index (Phi) is 5.04. The third kappa shape index (κ3) is 3.50. The number of esters is 1. The maximum atomic E-state index is 12.5. The topological polar surface area (TPSA) is 70.2 Å². The summed E-state index contributed by atoms with van der Waals surface area (Å²) in [6, 6.07) is 17.8. The van der Waals surface area contributed by atoms with Crippen molar-refractivity contribution in [1.29, 1.82) is 0 Å². The molecule has 1 fully saturated rings. The Morgan fingerprint density at radius 3 is 2.67 bits per heavy atom. The third-order valence-electron chi connectivity index (χ3n) is 5.12. The molecule has 0 unspecified atom stereocenters. The van der Waals surface area contributed by atoms with Gasteiger partial charge in [-0.05, 0) is 38.0 Å². The molecule has 0 atom stereocenters. The molecule has 6 nitrogen and oxygen atoms in total. The number of ether oxygens (including phenoxy) is 1. The summed E-state index contributed by atoms with van der Waals surface area (Å²) in [5.41, 5.74) is 2.55. The van der Waals surface area contributed by atoms with E-state index in [4.69, 9.17) is 9.15 Å². The van der Waals surface area contributed by atoms with Crippen molar-refractivity contribution in [2.45, 2.75) is 36.6 Å². The van der Waals surface area contributed by atoms with E-state index in [0.29, 0.717) is 23.9 Å². The van der Waals surface area contributed by atoms with Crippen molar-refractivity contribution in [3.63, 3.8) is 0 Å². The normalized spacial score (nSPS) is 13.6. The molecular weight excluding hydrogens is 398 g/mol. The maximum Gasteiger partial charge on any atom is 0.374 e. The first kappa shape index (κ1) is 18.9. The van der Waals surface area contributed by atoms with Crippen molar-refractivity contribution in [2.24, 2.45) is 0 Å². The predicted molar refractivity (Wildman–Crippen MR) is 115 cm³/mol. The zero-order valence-corrected chi connectivity index (χ0v) is 17.4. The Hall–Kier alpha value is -3.06. The molecule has 2 heterocycles. The Bertz CT molecular complexity index is 1200. The average Bonchev–Trinajstić information content (AvgIpc) is 3.42. The molecule has 1 aliphatic carbocycles. The van der Waals surface area contributed by atoms with E-state index < -0.39 is 5.97 Å². The smallest absolute Gasteiger partial charge is 0.374 e. The van der Waals surface area contributed by atoms with Crippen molar-refractivity contribution in [1.82, 2.24) is 14.8 Å². The van der Waals surface area contributed by atoms with Crippen LogP contribution in [0.5, 0.6) is 0 Å². The van der Waals surface area contributed by atoms with Crippen LogP contribution in [0.15, 0.2) is 64.2 Å². The average molecular weight is 420 g/mol. The van der Waals surface area contributed by atoms with Crippen molar-refractivity contribution in [3.05, 3.63) is 71.7 Å². The van der Waals surface area contributed by atoms with Crippen LogP contribution in [0.4, 0.5) is 0 Å². The lowest BCUT2D eigenvalue weighted by molar-refractivity contribution is 0.0491. The van der Waals surface area contributed by atoms with Crippen LogP contribution in [-0.2, 0) is 10.5 Å². The number of thioether (sulfide) groups is 1. The van der Waals surface area contributed by atoms with Gasteiger partial charge in [0.15, 0.2) is 5.16 Å². The quantitative estimate of drug-likeness (QED) is 0.297. The molecular formula is C23H21N3O3S. The van der Waals surface area contributed by atoms with E-state index in [1.54, 1.807) is 18.7 Å². The van der Waals surface area contributed by atoms with E-state index in [0.717, 1.165) is 40.5 Å². The number of aromatic nitrogens is 3. The largest absolute Gasteiger partial charge is 0.460 e. The van der Waals surface area contributed by atoms with Gasteiger partial charge in [0, 0.05) is 28.3 Å². The summed E-state index contributed by atoms with van der Waals surface area (Å²) >= 11 is 1.55. The van der Waals surface area contributed by atoms with E-state index in [2.05, 4.69) is 26.9 Å². The van der Waals surface area contributed by atoms with Crippen LogP contribution in [0.1, 0.15) is 47.6 Å². The number of nitrogens with zero attached hydrogens (tertiary/aromatic N) is 3. The number of rotatable bonds is 7. The molecule has 5 rings (SSSR count). The molecule has 2 aromatic heterocycles. The number of hydrogen-bond acceptors (Lipinski definition) is 6. The van der Waals surface area contributed by atoms with Gasteiger partial charge >= 0.3 is 5.97 Å². The molecule has 2 aromatic carbocycles. The fraction of sp³-hybridized carbons (Fsp3) is 0.261. The monoisotopic (exact) mass is 419 g/mol. The van der Waals surface area contributed by atoms with Gasteiger partial charge in [-0.3, -0.25) is 4.57 Å². The molecule has 30 heavy (non-hydrogen) atoms. The molecule has 152 valence electrons. The van der Waals surface area contributed by atoms with Crippen LogP contribution in [0, 0.1) is 0 Å². The second-order valence-corrected chi connectivity index (χ2v) is 8.14. The van der Waals surface area contributed by atoms with E-state index in [1.807, 2.05) is 42.5 Å². The first-order valence-electron chi connectivity index (χ1n) is 10.1. The van der Waals surface area contributed by atoms with E-state index in [1.165, 1.54) is 0 Å². The van der Waals surface area contributed by atoms with Gasteiger partial charge in [0.25, 0.3) is 0 Å². The summed E-state index contributed by atoms with van der Waals surface area (Å²) in [7, 11) is 0. The molecule has 0 N–H and O–H groups in total. The summed E-state index contributed by atoms with van der Waals surface area (Å²) in [5.74, 6) is 1.83. The van der Waals surface area contributed by atoms with Crippen molar-refractivity contribution in [2.75, 3.05) is 6.61 Å². The zero-order chi connectivity index (χ0) is 20.5. The first-order valence-corrected chi connectivity index (χ1v) is 11.1. The lowest BCUT2D eigenvalue weighted by Crippen LogP contribution is -2.06. The molecule has 0 radical (unpaired) electrons. The van der Waals surface area contributed by atoms with E-state index in [-0.39, 0.29) is 5.76 Å². The Morgan fingerprint density at radius 1 is 1.13 bits per heavy atom. The molecule has 0 spiro atoms. The summed E-state index contributed by atoms with van der Waals surface area (Å²) in [5, 5.41) is 10.7. The number of para-hydroxylation sites is 2. The lowest BCUT2D eigenvalue weighted by Gasteiger charge is -2.10. The van der Waals surface area contributed by atoms with Crippen molar-refractivity contribution >= 4 is 28.7 Å². The number of hydrogen-bond donors (Lipinski definition) is 0. The van der Waals surface area contributed by atoms with Gasteiger partial charge in [-0.25, -0.2) is 4.79 Å². The van der Waals surface area contributed by atoms with Crippen LogP contribution in [0.2, 0.25) is 0 Å². The SMILES string of the molecule is CCOC(=O)c1oc2ccccc2c1CSc1nnc(C2CC2)n1-c1ccccc1. The fourth-order valence-electron chi connectivity index (χ4n) is 3.54. The van der Waals surface area contributed by atoms with E-state index >= 15 is 0 Å². The maximum absolute atomic E-state index is 12.5. The number of carbonyl (C=O) groups excluding carboxylic acids is 1. The molecule has 0 amide bonds. The van der Waals surface area contributed by atoms with Crippen molar-refractivity contribution in [3.8, 4) is 5.69 Å². The molecule has 4 aromatic rings. The fourth-order valence-corrected chi connectivity index (χ4v) is 4.53. The highest BCUT2D eigenvalue weighted by atomic mass is 32.2. The van der Waals surface area contributed by atoms with Crippen LogP contribution in [0.25, 0.3) is 16.7 Å². The number of benzene rings is 2. The van der Waals surface area contributed by atoms with Crippen LogP contribution < -0.4 is 0 Å². The van der Waals surface area contributed by atoms with Gasteiger partial charge in [0.1, 0.15) is 11.4 Å². The molecule has 0 aliphatic heterocycles. The minimum absolute atomic E-state index is 0.263. The van der Waals surface area contributed by atoms with Gasteiger partial charge in [0.05, 0.1) is 6.61 Å². The number of carbonyl (C=O) groups is 1. The van der Waals surface area contributed by atoms with Crippen LogP contribution >= 0.6 is 11.8 Å². The van der Waals surface area contributed by atoms with Gasteiger partial charge in [0.2, 0.25) is 5.76 Å². The summed E-state index contributed by atoms with van der Waals surface area (Å²) < 4.78 is 13.2. The Balaban J connectivity index is 1.51. The first-order chi connectivity index (χ1) is 14.8. The van der Waals surface area contributed by atoms with Gasteiger partial charge in [-0.15, -0.1) is 10.2 Å². The standard InChI is InChI=1S/C23H21N3O3S/c1-2-28-22(27)20-18(17-10-6-7-11-19(17)29-20)14-30-23-25-24-21(15-12-13-15)26(23)16-8-4-3-5-9-16/h3-11,15H,2,12-14H2,1H3. The second kappa shape index (κ2) is 7.99. The van der Waals surface area contributed by atoms with Gasteiger partial charge in [-0.1, -0.05) is 48.2 Å².